The summed E-state index contributed by atoms with van der Waals surface area (Å²) in [5.41, 5.74) is 5.98. The lowest BCUT2D eigenvalue weighted by atomic mass is 10.1. The maximum Gasteiger partial charge on any atom is 0.245 e. The molecule has 1 fully saturated rings. The lowest BCUT2D eigenvalue weighted by molar-refractivity contribution is -0.134. The number of hydrogen-bond acceptors (Lipinski definition) is 4. The number of nitrogens with zero attached hydrogens (tertiary/aromatic N) is 1. The van der Waals surface area contributed by atoms with Gasteiger partial charge in [-0.25, -0.2) is 0 Å². The topological polar surface area (TPSA) is 55.6 Å². The van der Waals surface area contributed by atoms with Gasteiger partial charge < -0.3 is 15.4 Å². The Bertz CT molecular complexity index is 380. The van der Waals surface area contributed by atoms with Gasteiger partial charge in [0.1, 0.15) is 6.04 Å². The van der Waals surface area contributed by atoms with Crippen molar-refractivity contribution >= 4 is 17.2 Å². The molecule has 1 amide bonds. The molecular weight excluding hydrogens is 236 g/mol. The fourth-order valence-corrected chi connectivity index (χ4v) is 2.92. The molecule has 0 aromatic carbocycles. The number of ether oxygens (including phenoxy) is 1. The number of amides is 1. The maximum atomic E-state index is 12.2. The lowest BCUT2D eigenvalue weighted by Gasteiger charge is -2.28. The molecule has 0 spiro atoms. The van der Waals surface area contributed by atoms with Gasteiger partial charge in [0.05, 0.1) is 12.1 Å². The molecule has 1 aliphatic heterocycles. The van der Waals surface area contributed by atoms with E-state index in [1.54, 1.807) is 4.90 Å². The number of rotatable bonds is 3. The highest BCUT2D eigenvalue weighted by Gasteiger charge is 2.33. The van der Waals surface area contributed by atoms with E-state index >= 15 is 0 Å². The Morgan fingerprint density at radius 1 is 1.71 bits per heavy atom. The third-order valence-corrected chi connectivity index (χ3v) is 4.25. The van der Waals surface area contributed by atoms with E-state index in [2.05, 4.69) is 0 Å². The zero-order valence-corrected chi connectivity index (χ0v) is 10.9. The monoisotopic (exact) mass is 254 g/mol. The van der Waals surface area contributed by atoms with Crippen LogP contribution in [0.1, 0.15) is 24.3 Å². The van der Waals surface area contributed by atoms with Crippen molar-refractivity contribution in [3.63, 3.8) is 0 Å². The van der Waals surface area contributed by atoms with Crippen molar-refractivity contribution in [2.75, 3.05) is 13.7 Å². The van der Waals surface area contributed by atoms with Crippen LogP contribution in [0.2, 0.25) is 0 Å². The highest BCUT2D eigenvalue weighted by atomic mass is 32.1. The second-order valence-electron chi connectivity index (χ2n) is 4.37. The van der Waals surface area contributed by atoms with Crippen LogP contribution in [0.3, 0.4) is 0 Å². The van der Waals surface area contributed by atoms with Crippen molar-refractivity contribution in [1.82, 2.24) is 4.90 Å². The number of hydrogen-bond donors (Lipinski definition) is 1. The first-order valence-corrected chi connectivity index (χ1v) is 6.66. The summed E-state index contributed by atoms with van der Waals surface area (Å²) in [6.45, 7) is 2.72. The Labute approximate surface area is 105 Å². The molecule has 5 heteroatoms. The number of nitrogens with two attached hydrogens (primary N) is 1. The van der Waals surface area contributed by atoms with Gasteiger partial charge in [0.2, 0.25) is 5.91 Å². The summed E-state index contributed by atoms with van der Waals surface area (Å²) in [4.78, 5) is 14.9. The summed E-state index contributed by atoms with van der Waals surface area (Å²) < 4.78 is 5.48. The minimum absolute atomic E-state index is 0.0326. The molecule has 94 valence electrons. The minimum atomic E-state index is -0.548. The van der Waals surface area contributed by atoms with E-state index in [0.29, 0.717) is 0 Å². The number of thiophene rings is 1. The molecule has 3 atom stereocenters. The van der Waals surface area contributed by atoms with Crippen molar-refractivity contribution in [3.8, 4) is 0 Å². The molecule has 1 saturated heterocycles. The Morgan fingerprint density at radius 3 is 3.00 bits per heavy atom. The molecular formula is C12H18N2O2S. The minimum Gasteiger partial charge on any atom is -0.376 e. The van der Waals surface area contributed by atoms with Gasteiger partial charge in [0.15, 0.2) is 0 Å². The Morgan fingerprint density at radius 2 is 2.47 bits per heavy atom. The predicted octanol–water partition coefficient (Wildman–Crippen LogP) is 1.38. The van der Waals surface area contributed by atoms with Crippen LogP contribution >= 0.6 is 11.3 Å². The first kappa shape index (κ1) is 12.5. The Kier molecular flexibility index (Phi) is 3.81. The molecule has 3 unspecified atom stereocenters. The molecule has 1 aromatic heterocycles. The maximum absolute atomic E-state index is 12.2. The van der Waals surface area contributed by atoms with Gasteiger partial charge in [-0.15, -0.1) is 11.3 Å². The van der Waals surface area contributed by atoms with Gasteiger partial charge in [-0.2, -0.15) is 0 Å². The summed E-state index contributed by atoms with van der Waals surface area (Å²) in [6, 6.07) is 3.41. The molecule has 0 radical (unpaired) electrons. The quantitative estimate of drug-likeness (QED) is 0.886. The smallest absolute Gasteiger partial charge is 0.245 e. The summed E-state index contributed by atoms with van der Waals surface area (Å²) in [6.07, 6.45) is 0.986. The zero-order valence-electron chi connectivity index (χ0n) is 10.1. The second-order valence-corrected chi connectivity index (χ2v) is 5.35. The highest BCUT2D eigenvalue weighted by Crippen LogP contribution is 2.23. The number of likely N-dealkylation sites (N-methyl/N-ethyl adjacent to an activating group) is 1. The molecule has 2 rings (SSSR count). The Hall–Kier alpha value is -0.910. The van der Waals surface area contributed by atoms with Gasteiger partial charge in [-0.05, 0) is 24.8 Å². The second kappa shape index (κ2) is 5.16. The third-order valence-electron chi connectivity index (χ3n) is 3.30. The number of carbonyl (C=O) groups excluding carboxylic acids is 1. The van der Waals surface area contributed by atoms with Crippen molar-refractivity contribution < 1.29 is 9.53 Å². The van der Waals surface area contributed by atoms with Gasteiger partial charge in [0.25, 0.3) is 0 Å². The van der Waals surface area contributed by atoms with E-state index < -0.39 is 6.04 Å². The molecule has 2 heterocycles. The van der Waals surface area contributed by atoms with Crippen LogP contribution in [0.4, 0.5) is 0 Å². The van der Waals surface area contributed by atoms with E-state index in [-0.39, 0.29) is 18.1 Å². The van der Waals surface area contributed by atoms with Gasteiger partial charge in [-0.3, -0.25) is 4.79 Å². The van der Waals surface area contributed by atoms with Crippen LogP contribution in [0, 0.1) is 0 Å². The fraction of sp³-hybridized carbons (Fsp3) is 0.583. The molecule has 2 N–H and O–H groups in total. The zero-order chi connectivity index (χ0) is 12.4. The lowest BCUT2D eigenvalue weighted by Crippen LogP contribution is -2.45. The van der Waals surface area contributed by atoms with Gasteiger partial charge >= 0.3 is 0 Å². The average molecular weight is 254 g/mol. The van der Waals surface area contributed by atoms with Crippen molar-refractivity contribution in [2.45, 2.75) is 31.5 Å². The van der Waals surface area contributed by atoms with Crippen LogP contribution in [-0.4, -0.2) is 36.6 Å². The van der Waals surface area contributed by atoms with Gasteiger partial charge in [0, 0.05) is 18.5 Å². The largest absolute Gasteiger partial charge is 0.376 e. The summed E-state index contributed by atoms with van der Waals surface area (Å²) in [5, 5.41) is 1.93. The molecule has 1 aliphatic rings. The third kappa shape index (κ3) is 2.51. The molecule has 0 bridgehead atoms. The summed E-state index contributed by atoms with van der Waals surface area (Å²) in [5.74, 6) is -0.0326. The summed E-state index contributed by atoms with van der Waals surface area (Å²) >= 11 is 1.52. The molecule has 17 heavy (non-hydrogen) atoms. The average Bonchev–Trinajstić information content (AvgIpc) is 2.96. The fourth-order valence-electron chi connectivity index (χ4n) is 2.20. The van der Waals surface area contributed by atoms with Gasteiger partial charge in [-0.1, -0.05) is 6.07 Å². The first-order valence-electron chi connectivity index (χ1n) is 5.78. The Balaban J connectivity index is 2.04. The van der Waals surface area contributed by atoms with Crippen molar-refractivity contribution in [2.24, 2.45) is 5.73 Å². The van der Waals surface area contributed by atoms with Crippen molar-refractivity contribution in [1.29, 1.82) is 0 Å². The van der Waals surface area contributed by atoms with E-state index in [1.807, 2.05) is 31.5 Å². The van der Waals surface area contributed by atoms with Crippen LogP contribution < -0.4 is 5.73 Å². The molecule has 0 aliphatic carbocycles. The van der Waals surface area contributed by atoms with Crippen molar-refractivity contribution in [3.05, 3.63) is 22.4 Å². The van der Waals surface area contributed by atoms with E-state index in [1.165, 1.54) is 11.3 Å². The summed E-state index contributed by atoms with van der Waals surface area (Å²) in [7, 11) is 1.81. The van der Waals surface area contributed by atoms with E-state index in [4.69, 9.17) is 10.5 Å². The molecule has 1 aromatic rings. The highest BCUT2D eigenvalue weighted by molar-refractivity contribution is 7.10. The molecule has 4 nitrogen and oxygen atoms in total. The standard InChI is InChI=1S/C12H18N2O2S/c1-8-9(5-6-16-8)14(2)12(15)11(13)10-4-3-7-17-10/h3-4,7-9,11H,5-6,13H2,1-2H3. The van der Waals surface area contributed by atoms with Crippen LogP contribution in [0.15, 0.2) is 17.5 Å². The SMILES string of the molecule is CC1OCCC1N(C)C(=O)C(N)c1cccs1. The van der Waals surface area contributed by atoms with Crippen LogP contribution in [-0.2, 0) is 9.53 Å². The predicted molar refractivity (Wildman–Crippen MR) is 67.8 cm³/mol. The van der Waals surface area contributed by atoms with Crippen LogP contribution in [0.5, 0.6) is 0 Å². The normalized spacial score (nSPS) is 25.8. The molecule has 0 saturated carbocycles. The van der Waals surface area contributed by atoms with Crippen LogP contribution in [0.25, 0.3) is 0 Å². The first-order chi connectivity index (χ1) is 8.11. The van der Waals surface area contributed by atoms with E-state index in [0.717, 1.165) is 17.9 Å². The number of carbonyl (C=O) groups is 1. The van der Waals surface area contributed by atoms with E-state index in [9.17, 15) is 4.79 Å².